The molecule has 0 aromatic heterocycles. The van der Waals surface area contributed by atoms with Crippen molar-refractivity contribution in [3.8, 4) is 0 Å². The summed E-state index contributed by atoms with van der Waals surface area (Å²) >= 11 is 0. The summed E-state index contributed by atoms with van der Waals surface area (Å²) in [5.41, 5.74) is 0.467. The second kappa shape index (κ2) is 1.24. The van der Waals surface area contributed by atoms with Gasteiger partial charge in [0.2, 0.25) is 0 Å². The Labute approximate surface area is 48.4 Å². The normalized spacial score (nSPS) is 34.1. The van der Waals surface area contributed by atoms with E-state index in [1.165, 1.54) is 19.3 Å². The Balaban J connectivity index is 1.92. The molecule has 0 amide bonds. The summed E-state index contributed by atoms with van der Waals surface area (Å²) in [4.78, 5) is 0. The molecule has 8 heavy (non-hydrogen) atoms. The van der Waals surface area contributed by atoms with Crippen molar-refractivity contribution in [1.82, 2.24) is 5.12 Å². The summed E-state index contributed by atoms with van der Waals surface area (Å²) < 4.78 is 12.1. The van der Waals surface area contributed by atoms with E-state index in [1.54, 1.807) is 0 Å². The van der Waals surface area contributed by atoms with Crippen LogP contribution in [-0.4, -0.2) is 18.2 Å². The van der Waals surface area contributed by atoms with E-state index in [-0.39, 0.29) is 0 Å². The maximum Gasteiger partial charge on any atom is 0.0360 e. The Bertz CT molecular complexity index is 101. The zero-order valence-corrected chi connectivity index (χ0v) is 4.86. The minimum Gasteiger partial charge on any atom is -0.145 e. The first-order valence-corrected chi connectivity index (χ1v) is 3.22. The lowest BCUT2D eigenvalue weighted by Gasteiger charge is -2.51. The average molecular weight is 115 g/mol. The molecule has 0 radical (unpaired) electrons. The summed E-state index contributed by atoms with van der Waals surface area (Å²) in [6, 6.07) is 0. The summed E-state index contributed by atoms with van der Waals surface area (Å²) in [5.74, 6) is 0. The molecule has 1 nitrogen and oxygen atoms in total. The number of rotatable bonds is 0. The van der Waals surface area contributed by atoms with E-state index in [2.05, 4.69) is 0 Å². The van der Waals surface area contributed by atoms with Gasteiger partial charge < -0.3 is 0 Å². The molecular weight excluding hydrogens is 105 g/mol. The highest BCUT2D eigenvalue weighted by atomic mass is 19.2. The van der Waals surface area contributed by atoms with Gasteiger partial charge in [0.1, 0.15) is 0 Å². The molecule has 1 saturated heterocycles. The van der Waals surface area contributed by atoms with Crippen LogP contribution in [0.25, 0.3) is 0 Å². The number of hydrogen-bond acceptors (Lipinski definition) is 1. The molecule has 1 heterocycles. The maximum atomic E-state index is 12.1. The van der Waals surface area contributed by atoms with Crippen molar-refractivity contribution < 1.29 is 4.48 Å². The van der Waals surface area contributed by atoms with Gasteiger partial charge in [-0.05, 0) is 12.8 Å². The molecule has 2 fully saturated rings. The van der Waals surface area contributed by atoms with E-state index in [9.17, 15) is 4.48 Å². The molecular formula is C6H10FN. The Morgan fingerprint density at radius 1 is 1.25 bits per heavy atom. The highest BCUT2D eigenvalue weighted by Gasteiger charge is 2.47. The maximum absolute atomic E-state index is 12.1. The van der Waals surface area contributed by atoms with Gasteiger partial charge in [-0.15, -0.1) is 9.60 Å². The van der Waals surface area contributed by atoms with Gasteiger partial charge in [0.15, 0.2) is 0 Å². The molecule has 1 saturated carbocycles. The molecule has 1 aliphatic heterocycles. The Morgan fingerprint density at radius 2 is 1.88 bits per heavy atom. The molecule has 2 aliphatic rings. The first kappa shape index (κ1) is 4.74. The van der Waals surface area contributed by atoms with E-state index in [0.717, 1.165) is 5.12 Å². The van der Waals surface area contributed by atoms with Crippen molar-refractivity contribution in [3.05, 3.63) is 0 Å². The molecule has 1 spiro atoms. The summed E-state index contributed by atoms with van der Waals surface area (Å²) in [7, 11) is 0. The van der Waals surface area contributed by atoms with Crippen LogP contribution in [0, 0.1) is 5.41 Å². The van der Waals surface area contributed by atoms with Crippen molar-refractivity contribution in [3.63, 3.8) is 0 Å². The highest BCUT2D eigenvalue weighted by Crippen LogP contribution is 2.47. The van der Waals surface area contributed by atoms with Crippen LogP contribution >= 0.6 is 0 Å². The van der Waals surface area contributed by atoms with Gasteiger partial charge in [0, 0.05) is 18.5 Å². The van der Waals surface area contributed by atoms with E-state index in [0.29, 0.717) is 18.5 Å². The third-order valence-electron chi connectivity index (χ3n) is 2.43. The highest BCUT2D eigenvalue weighted by molar-refractivity contribution is 4.97. The predicted octanol–water partition coefficient (Wildman–Crippen LogP) is 1.36. The lowest BCUT2D eigenvalue weighted by molar-refractivity contribution is -0.166. The van der Waals surface area contributed by atoms with Gasteiger partial charge >= 0.3 is 0 Å². The van der Waals surface area contributed by atoms with Crippen LogP contribution in [0.2, 0.25) is 0 Å². The minimum absolute atomic E-state index is 0.467. The Kier molecular flexibility index (Phi) is 0.734. The van der Waals surface area contributed by atoms with Crippen molar-refractivity contribution in [1.29, 1.82) is 0 Å². The molecule has 0 unspecified atom stereocenters. The van der Waals surface area contributed by atoms with Crippen LogP contribution in [-0.2, 0) is 0 Å². The summed E-state index contributed by atoms with van der Waals surface area (Å²) in [5, 5.41) is 0.916. The minimum atomic E-state index is 0.467. The van der Waals surface area contributed by atoms with Gasteiger partial charge in [-0.3, -0.25) is 0 Å². The Hall–Kier alpha value is -0.110. The fourth-order valence-corrected chi connectivity index (χ4v) is 1.67. The van der Waals surface area contributed by atoms with Gasteiger partial charge in [-0.1, -0.05) is 6.42 Å². The monoisotopic (exact) mass is 115 g/mol. The third kappa shape index (κ3) is 0.440. The van der Waals surface area contributed by atoms with Crippen LogP contribution in [0.5, 0.6) is 0 Å². The molecule has 2 rings (SSSR count). The van der Waals surface area contributed by atoms with Gasteiger partial charge in [0.25, 0.3) is 0 Å². The van der Waals surface area contributed by atoms with E-state index in [4.69, 9.17) is 0 Å². The zero-order valence-electron chi connectivity index (χ0n) is 4.86. The predicted molar refractivity (Wildman–Crippen MR) is 29.0 cm³/mol. The van der Waals surface area contributed by atoms with Crippen molar-refractivity contribution in [2.75, 3.05) is 13.1 Å². The summed E-state index contributed by atoms with van der Waals surface area (Å²) in [6.45, 7) is 1.43. The second-order valence-corrected chi connectivity index (χ2v) is 3.13. The van der Waals surface area contributed by atoms with Crippen LogP contribution < -0.4 is 0 Å². The lowest BCUT2D eigenvalue weighted by atomic mass is 9.65. The molecule has 0 bridgehead atoms. The quantitative estimate of drug-likeness (QED) is 0.431. The molecule has 1 aliphatic carbocycles. The van der Waals surface area contributed by atoms with Crippen molar-refractivity contribution in [2.24, 2.45) is 5.41 Å². The molecule has 46 valence electrons. The topological polar surface area (TPSA) is 3.24 Å². The number of hydrogen-bond donors (Lipinski definition) is 0. The van der Waals surface area contributed by atoms with Crippen LogP contribution in [0.4, 0.5) is 4.48 Å². The first-order valence-electron chi connectivity index (χ1n) is 3.22. The van der Waals surface area contributed by atoms with Crippen LogP contribution in [0.1, 0.15) is 19.3 Å². The van der Waals surface area contributed by atoms with Crippen molar-refractivity contribution >= 4 is 0 Å². The SMILES string of the molecule is FN1CC2(CCC2)C1. The van der Waals surface area contributed by atoms with Crippen LogP contribution in [0.15, 0.2) is 0 Å². The number of halogens is 1. The fourth-order valence-electron chi connectivity index (χ4n) is 1.67. The van der Waals surface area contributed by atoms with Gasteiger partial charge in [0.05, 0.1) is 0 Å². The smallest absolute Gasteiger partial charge is 0.0360 e. The standard InChI is InChI=1S/C6H10FN/c7-8-4-6(5-8)2-1-3-6/h1-5H2. The largest absolute Gasteiger partial charge is 0.145 e. The van der Waals surface area contributed by atoms with Gasteiger partial charge in [-0.25, -0.2) is 0 Å². The molecule has 0 aromatic rings. The lowest BCUT2D eigenvalue weighted by Crippen LogP contribution is -2.56. The van der Waals surface area contributed by atoms with E-state index >= 15 is 0 Å². The molecule has 2 heteroatoms. The third-order valence-corrected chi connectivity index (χ3v) is 2.43. The molecule has 0 aromatic carbocycles. The van der Waals surface area contributed by atoms with Crippen LogP contribution in [0.3, 0.4) is 0 Å². The zero-order chi connectivity index (χ0) is 5.61. The fraction of sp³-hybridized carbons (Fsp3) is 1.00. The van der Waals surface area contributed by atoms with Crippen molar-refractivity contribution in [2.45, 2.75) is 19.3 Å². The van der Waals surface area contributed by atoms with E-state index in [1.807, 2.05) is 0 Å². The number of nitrogens with zero attached hydrogens (tertiary/aromatic N) is 1. The van der Waals surface area contributed by atoms with Gasteiger partial charge in [-0.2, -0.15) is 0 Å². The Morgan fingerprint density at radius 3 is 2.00 bits per heavy atom. The first-order chi connectivity index (χ1) is 3.81. The summed E-state index contributed by atoms with van der Waals surface area (Å²) in [6.07, 6.45) is 3.87. The second-order valence-electron chi connectivity index (χ2n) is 3.13. The van der Waals surface area contributed by atoms with E-state index < -0.39 is 0 Å². The molecule has 0 N–H and O–H groups in total. The average Bonchev–Trinajstić information content (AvgIpc) is 1.51. The molecule has 0 atom stereocenters.